The van der Waals surface area contributed by atoms with Gasteiger partial charge in [-0.05, 0) is 12.2 Å². The average molecular weight is 114 g/mol. The van der Waals surface area contributed by atoms with E-state index in [1.807, 2.05) is 0 Å². The maximum absolute atomic E-state index is 10.3. The molecule has 0 spiro atoms. The Kier molecular flexibility index (Phi) is 1.41. The van der Waals surface area contributed by atoms with Crippen molar-refractivity contribution < 1.29 is 14.6 Å². The van der Waals surface area contributed by atoms with E-state index >= 15 is 0 Å². The third kappa shape index (κ3) is 1.15. The molecule has 0 aromatic rings. The Morgan fingerprint density at radius 1 is 1.88 bits per heavy atom. The van der Waals surface area contributed by atoms with Gasteiger partial charge in [-0.2, -0.15) is 0 Å². The monoisotopic (exact) mass is 114 g/mol. The number of ketones is 1. The third-order valence-corrected chi connectivity index (χ3v) is 0.843. The predicted molar refractivity (Wildman–Crippen MR) is 26.1 cm³/mol. The van der Waals surface area contributed by atoms with Crippen LogP contribution in [0.3, 0.4) is 0 Å². The highest BCUT2D eigenvalue weighted by Gasteiger charge is 2.07. The first kappa shape index (κ1) is 5.47. The van der Waals surface area contributed by atoms with Crippen LogP contribution in [0.2, 0.25) is 0 Å². The molecule has 0 bridgehead atoms. The summed E-state index contributed by atoms with van der Waals surface area (Å²) < 4.78 is 4.51. The summed E-state index contributed by atoms with van der Waals surface area (Å²) in [6, 6.07) is 0. The zero-order chi connectivity index (χ0) is 5.98. The topological polar surface area (TPSA) is 46.5 Å². The van der Waals surface area contributed by atoms with E-state index in [0.717, 1.165) is 0 Å². The van der Waals surface area contributed by atoms with Gasteiger partial charge in [0.25, 0.3) is 0 Å². The van der Waals surface area contributed by atoms with E-state index in [1.165, 1.54) is 12.2 Å². The highest BCUT2D eigenvalue weighted by Crippen LogP contribution is 1.96. The van der Waals surface area contributed by atoms with Crippen molar-refractivity contribution in [2.75, 3.05) is 6.61 Å². The van der Waals surface area contributed by atoms with Crippen LogP contribution in [0, 0.1) is 0 Å². The Bertz CT molecular complexity index is 128. The summed E-state index contributed by atoms with van der Waals surface area (Å²) in [4.78, 5) is 10.3. The van der Waals surface area contributed by atoms with Crippen molar-refractivity contribution in [1.29, 1.82) is 0 Å². The van der Waals surface area contributed by atoms with Crippen molar-refractivity contribution in [1.82, 2.24) is 0 Å². The summed E-state index contributed by atoms with van der Waals surface area (Å²) in [7, 11) is 0. The van der Waals surface area contributed by atoms with E-state index < -0.39 is 6.29 Å². The normalized spacial score (nSPS) is 28.6. The SMILES string of the molecule is O=C1C=C[C@H](O)OC1. The van der Waals surface area contributed by atoms with Gasteiger partial charge in [0, 0.05) is 0 Å². The maximum Gasteiger partial charge on any atom is 0.181 e. The number of carbonyl (C=O) groups is 1. The Hall–Kier alpha value is -0.670. The molecule has 8 heavy (non-hydrogen) atoms. The molecule has 3 heteroatoms. The molecule has 0 saturated carbocycles. The average Bonchev–Trinajstić information content (AvgIpc) is 1.77. The van der Waals surface area contributed by atoms with Gasteiger partial charge >= 0.3 is 0 Å². The quantitative estimate of drug-likeness (QED) is 0.460. The van der Waals surface area contributed by atoms with Crippen LogP contribution in [0.4, 0.5) is 0 Å². The molecule has 0 amide bonds. The summed E-state index contributed by atoms with van der Waals surface area (Å²) in [6.45, 7) is -0.00231. The van der Waals surface area contributed by atoms with Crippen LogP contribution in [-0.2, 0) is 9.53 Å². The van der Waals surface area contributed by atoms with Gasteiger partial charge in [0.1, 0.15) is 6.61 Å². The molecule has 0 aromatic carbocycles. The second kappa shape index (κ2) is 2.07. The minimum Gasteiger partial charge on any atom is -0.365 e. The van der Waals surface area contributed by atoms with Crippen molar-refractivity contribution >= 4 is 5.78 Å². The number of aliphatic hydroxyl groups excluding tert-OH is 1. The van der Waals surface area contributed by atoms with Crippen molar-refractivity contribution in [3.8, 4) is 0 Å². The summed E-state index contributed by atoms with van der Waals surface area (Å²) in [5.74, 6) is -0.102. The van der Waals surface area contributed by atoms with Gasteiger partial charge in [0.2, 0.25) is 0 Å². The lowest BCUT2D eigenvalue weighted by Crippen LogP contribution is -2.19. The van der Waals surface area contributed by atoms with E-state index in [-0.39, 0.29) is 12.4 Å². The lowest BCUT2D eigenvalue weighted by atomic mass is 10.3. The molecule has 1 aliphatic rings. The van der Waals surface area contributed by atoms with Crippen LogP contribution in [-0.4, -0.2) is 23.8 Å². The van der Waals surface area contributed by atoms with Crippen LogP contribution in [0.5, 0.6) is 0 Å². The van der Waals surface area contributed by atoms with Crippen molar-refractivity contribution in [2.45, 2.75) is 6.29 Å². The molecule has 0 saturated heterocycles. The molecular weight excluding hydrogens is 108 g/mol. The molecule has 0 unspecified atom stereocenters. The van der Waals surface area contributed by atoms with Crippen molar-refractivity contribution in [3.05, 3.63) is 12.2 Å². The second-order valence-electron chi connectivity index (χ2n) is 1.53. The zero-order valence-corrected chi connectivity index (χ0v) is 4.20. The number of carbonyl (C=O) groups excluding carboxylic acids is 1. The maximum atomic E-state index is 10.3. The predicted octanol–water partition coefficient (Wildman–Crippen LogP) is -0.540. The summed E-state index contributed by atoms with van der Waals surface area (Å²) in [5.41, 5.74) is 0. The van der Waals surface area contributed by atoms with Gasteiger partial charge < -0.3 is 9.84 Å². The highest BCUT2D eigenvalue weighted by atomic mass is 16.6. The molecule has 3 nitrogen and oxygen atoms in total. The second-order valence-corrected chi connectivity index (χ2v) is 1.53. The molecule has 1 heterocycles. The zero-order valence-electron chi connectivity index (χ0n) is 4.20. The fourth-order valence-electron chi connectivity index (χ4n) is 0.461. The molecule has 0 radical (unpaired) electrons. The minimum atomic E-state index is -0.882. The largest absolute Gasteiger partial charge is 0.365 e. The van der Waals surface area contributed by atoms with Gasteiger partial charge in [-0.25, -0.2) is 0 Å². The van der Waals surface area contributed by atoms with Crippen LogP contribution < -0.4 is 0 Å². The summed E-state index contributed by atoms with van der Waals surface area (Å²) in [5, 5.41) is 8.57. The number of hydrogen-bond acceptors (Lipinski definition) is 3. The Morgan fingerprint density at radius 2 is 2.62 bits per heavy atom. The van der Waals surface area contributed by atoms with Gasteiger partial charge in [-0.15, -0.1) is 0 Å². The first-order chi connectivity index (χ1) is 3.79. The number of rotatable bonds is 0. The lowest BCUT2D eigenvalue weighted by Gasteiger charge is -2.08. The smallest absolute Gasteiger partial charge is 0.181 e. The van der Waals surface area contributed by atoms with E-state index in [1.54, 1.807) is 0 Å². The van der Waals surface area contributed by atoms with E-state index in [4.69, 9.17) is 5.11 Å². The fourth-order valence-corrected chi connectivity index (χ4v) is 0.461. The van der Waals surface area contributed by atoms with Crippen LogP contribution >= 0.6 is 0 Å². The first-order valence-electron chi connectivity index (χ1n) is 2.30. The molecule has 0 aliphatic carbocycles. The summed E-state index contributed by atoms with van der Waals surface area (Å²) in [6.07, 6.45) is 1.74. The van der Waals surface area contributed by atoms with Gasteiger partial charge in [0.05, 0.1) is 0 Å². The fraction of sp³-hybridized carbons (Fsp3) is 0.400. The Labute approximate surface area is 46.6 Å². The van der Waals surface area contributed by atoms with E-state index in [0.29, 0.717) is 0 Å². The Morgan fingerprint density at radius 3 is 3.00 bits per heavy atom. The first-order valence-corrected chi connectivity index (χ1v) is 2.30. The number of ether oxygens (including phenoxy) is 1. The van der Waals surface area contributed by atoms with Crippen LogP contribution in [0.25, 0.3) is 0 Å². The standard InChI is InChI=1S/C5H6O3/c6-4-1-2-5(7)8-3-4/h1-2,5,7H,3H2/t5-/m1/s1. The Balaban J connectivity index is 2.55. The van der Waals surface area contributed by atoms with Crippen molar-refractivity contribution in [3.63, 3.8) is 0 Å². The molecule has 1 rings (SSSR count). The summed E-state index contributed by atoms with van der Waals surface area (Å²) >= 11 is 0. The molecule has 0 fully saturated rings. The molecule has 1 aliphatic heterocycles. The minimum absolute atomic E-state index is 0.00231. The van der Waals surface area contributed by atoms with Crippen LogP contribution in [0.1, 0.15) is 0 Å². The lowest BCUT2D eigenvalue weighted by molar-refractivity contribution is -0.131. The van der Waals surface area contributed by atoms with E-state index in [9.17, 15) is 4.79 Å². The molecular formula is C5H6O3. The molecule has 44 valence electrons. The van der Waals surface area contributed by atoms with E-state index in [2.05, 4.69) is 4.74 Å². The molecule has 1 N–H and O–H groups in total. The van der Waals surface area contributed by atoms with Crippen LogP contribution in [0.15, 0.2) is 12.2 Å². The highest BCUT2D eigenvalue weighted by molar-refractivity contribution is 5.91. The third-order valence-electron chi connectivity index (χ3n) is 0.843. The number of hydrogen-bond donors (Lipinski definition) is 1. The van der Waals surface area contributed by atoms with Gasteiger partial charge in [-0.1, -0.05) is 0 Å². The van der Waals surface area contributed by atoms with Gasteiger partial charge in [-0.3, -0.25) is 4.79 Å². The van der Waals surface area contributed by atoms with Gasteiger partial charge in [0.15, 0.2) is 12.1 Å². The molecule has 1 atom stereocenters. The number of aliphatic hydroxyl groups is 1. The molecule has 0 aromatic heterocycles. The van der Waals surface area contributed by atoms with Crippen molar-refractivity contribution in [2.24, 2.45) is 0 Å².